The van der Waals surface area contributed by atoms with E-state index in [0.29, 0.717) is 16.9 Å². The van der Waals surface area contributed by atoms with E-state index in [-0.39, 0.29) is 12.4 Å². The summed E-state index contributed by atoms with van der Waals surface area (Å²) in [4.78, 5) is 28.6. The highest BCUT2D eigenvalue weighted by Gasteiger charge is 2.18. The molecule has 0 saturated carbocycles. The van der Waals surface area contributed by atoms with Crippen LogP contribution in [0.2, 0.25) is 0 Å². The zero-order chi connectivity index (χ0) is 19.8. The van der Waals surface area contributed by atoms with Gasteiger partial charge in [-0.15, -0.1) is 11.3 Å². The average Bonchev–Trinajstić information content (AvgIpc) is 3.27. The molecule has 0 aliphatic carbocycles. The van der Waals surface area contributed by atoms with Gasteiger partial charge in [-0.1, -0.05) is 0 Å². The van der Waals surface area contributed by atoms with E-state index in [1.807, 2.05) is 42.9 Å². The van der Waals surface area contributed by atoms with Crippen molar-refractivity contribution in [1.29, 1.82) is 0 Å². The standard InChI is InChI=1S/C21H18N2O4S/c1-12-8-20(25)27-19-10-15(4-5-16(12)19)26-11-18(24)17-9-13(2)23(14(17)3)21-22-6-7-28-21/h4-10H,11H2,1-3H3. The van der Waals surface area contributed by atoms with Crippen LogP contribution in [-0.4, -0.2) is 21.9 Å². The summed E-state index contributed by atoms with van der Waals surface area (Å²) in [6.07, 6.45) is 1.74. The summed E-state index contributed by atoms with van der Waals surface area (Å²) in [7, 11) is 0. The van der Waals surface area contributed by atoms with Gasteiger partial charge in [-0.2, -0.15) is 0 Å². The number of nitrogens with zero attached hydrogens (tertiary/aromatic N) is 2. The number of Topliss-reactive ketones (excluding diaryl/α,β-unsaturated/α-hetero) is 1. The molecule has 4 rings (SSSR count). The number of fused-ring (bicyclic) bond motifs is 1. The summed E-state index contributed by atoms with van der Waals surface area (Å²) in [6.45, 7) is 5.58. The third-order valence-corrected chi connectivity index (χ3v) is 5.39. The highest BCUT2D eigenvalue weighted by molar-refractivity contribution is 7.12. The van der Waals surface area contributed by atoms with Gasteiger partial charge in [0, 0.05) is 46.0 Å². The number of carbonyl (C=O) groups is 1. The summed E-state index contributed by atoms with van der Waals surface area (Å²) in [5, 5.41) is 3.57. The molecular weight excluding hydrogens is 376 g/mol. The van der Waals surface area contributed by atoms with Gasteiger partial charge in [-0.05, 0) is 44.5 Å². The number of aryl methyl sites for hydroxylation is 2. The summed E-state index contributed by atoms with van der Waals surface area (Å²) >= 11 is 1.52. The van der Waals surface area contributed by atoms with E-state index >= 15 is 0 Å². The lowest BCUT2D eigenvalue weighted by atomic mass is 10.1. The lowest BCUT2D eigenvalue weighted by Gasteiger charge is -2.08. The Morgan fingerprint density at radius 1 is 1.21 bits per heavy atom. The maximum Gasteiger partial charge on any atom is 0.336 e. The van der Waals surface area contributed by atoms with Gasteiger partial charge in [-0.25, -0.2) is 9.78 Å². The van der Waals surface area contributed by atoms with E-state index in [4.69, 9.17) is 9.15 Å². The van der Waals surface area contributed by atoms with Crippen LogP contribution >= 0.6 is 11.3 Å². The van der Waals surface area contributed by atoms with Crippen LogP contribution in [-0.2, 0) is 0 Å². The lowest BCUT2D eigenvalue weighted by molar-refractivity contribution is 0.0921. The second-order valence-electron chi connectivity index (χ2n) is 6.55. The average molecular weight is 394 g/mol. The summed E-state index contributed by atoms with van der Waals surface area (Å²) in [5.41, 5.74) is 3.25. The molecule has 0 N–H and O–H groups in total. The Hall–Kier alpha value is -3.19. The second-order valence-corrected chi connectivity index (χ2v) is 7.43. The fourth-order valence-corrected chi connectivity index (χ4v) is 4.04. The molecule has 3 aromatic heterocycles. The van der Waals surface area contributed by atoms with Crippen LogP contribution in [0.4, 0.5) is 0 Å². The van der Waals surface area contributed by atoms with E-state index in [2.05, 4.69) is 4.98 Å². The molecule has 0 atom stereocenters. The first-order valence-corrected chi connectivity index (χ1v) is 9.61. The van der Waals surface area contributed by atoms with Crippen LogP contribution in [0, 0.1) is 20.8 Å². The molecule has 1 aromatic carbocycles. The molecule has 0 bridgehead atoms. The fourth-order valence-electron chi connectivity index (χ4n) is 3.29. The molecule has 0 fully saturated rings. The maximum atomic E-state index is 12.7. The molecule has 0 spiro atoms. The second kappa shape index (κ2) is 7.09. The monoisotopic (exact) mass is 394 g/mol. The van der Waals surface area contributed by atoms with Crippen LogP contribution in [0.15, 0.2) is 51.1 Å². The lowest BCUT2D eigenvalue weighted by Crippen LogP contribution is -2.12. The van der Waals surface area contributed by atoms with Gasteiger partial charge >= 0.3 is 5.63 Å². The highest BCUT2D eigenvalue weighted by Crippen LogP contribution is 2.24. The molecule has 0 saturated heterocycles. The van der Waals surface area contributed by atoms with Crippen molar-refractivity contribution in [3.8, 4) is 10.9 Å². The topological polar surface area (TPSA) is 74.3 Å². The van der Waals surface area contributed by atoms with Crippen LogP contribution in [0.3, 0.4) is 0 Å². The first-order chi connectivity index (χ1) is 13.4. The van der Waals surface area contributed by atoms with Crippen LogP contribution in [0.25, 0.3) is 16.1 Å². The Labute approximate surface area is 165 Å². The van der Waals surface area contributed by atoms with Gasteiger partial charge in [0.1, 0.15) is 11.3 Å². The van der Waals surface area contributed by atoms with E-state index in [0.717, 1.165) is 27.5 Å². The quantitative estimate of drug-likeness (QED) is 0.374. The molecule has 28 heavy (non-hydrogen) atoms. The van der Waals surface area contributed by atoms with Gasteiger partial charge in [0.05, 0.1) is 0 Å². The molecule has 0 radical (unpaired) electrons. The summed E-state index contributed by atoms with van der Waals surface area (Å²) in [5.74, 6) is 0.352. The van der Waals surface area contributed by atoms with Crippen molar-refractivity contribution in [1.82, 2.24) is 9.55 Å². The molecule has 0 amide bonds. The van der Waals surface area contributed by atoms with Crippen molar-refractivity contribution in [2.75, 3.05) is 6.61 Å². The van der Waals surface area contributed by atoms with E-state index < -0.39 is 5.63 Å². The SMILES string of the molecule is Cc1cc(=O)oc2cc(OCC(=O)c3cc(C)n(-c4nccs4)c3C)ccc12. The number of carbonyl (C=O) groups excluding carboxylic acids is 1. The molecule has 7 heteroatoms. The number of hydrogen-bond donors (Lipinski definition) is 0. The first kappa shape index (κ1) is 18.2. The van der Waals surface area contributed by atoms with Crippen molar-refractivity contribution in [2.24, 2.45) is 0 Å². The Morgan fingerprint density at radius 3 is 2.79 bits per heavy atom. The van der Waals surface area contributed by atoms with E-state index in [1.165, 1.54) is 17.4 Å². The predicted molar refractivity (Wildman–Crippen MR) is 108 cm³/mol. The number of aromatic nitrogens is 2. The van der Waals surface area contributed by atoms with Crippen molar-refractivity contribution >= 4 is 28.1 Å². The maximum absolute atomic E-state index is 12.7. The van der Waals surface area contributed by atoms with Crippen molar-refractivity contribution in [3.63, 3.8) is 0 Å². The molecule has 0 aliphatic rings. The Balaban J connectivity index is 1.56. The van der Waals surface area contributed by atoms with Crippen molar-refractivity contribution in [2.45, 2.75) is 20.8 Å². The first-order valence-electron chi connectivity index (χ1n) is 8.73. The van der Waals surface area contributed by atoms with Gasteiger partial charge in [0.2, 0.25) is 5.78 Å². The molecule has 0 unspecified atom stereocenters. The molecule has 142 valence electrons. The fraction of sp³-hybridized carbons (Fsp3) is 0.190. The summed E-state index contributed by atoms with van der Waals surface area (Å²) < 4.78 is 12.9. The van der Waals surface area contributed by atoms with E-state index in [1.54, 1.807) is 18.3 Å². The largest absolute Gasteiger partial charge is 0.485 e. The number of benzene rings is 1. The number of ether oxygens (including phenoxy) is 1. The third-order valence-electron chi connectivity index (χ3n) is 4.63. The molecule has 3 heterocycles. The predicted octanol–water partition coefficient (Wildman–Crippen LogP) is 4.23. The zero-order valence-corrected chi connectivity index (χ0v) is 16.5. The van der Waals surface area contributed by atoms with Crippen LogP contribution < -0.4 is 10.4 Å². The van der Waals surface area contributed by atoms with Gasteiger partial charge < -0.3 is 9.15 Å². The minimum absolute atomic E-state index is 0.107. The highest BCUT2D eigenvalue weighted by atomic mass is 32.1. The Morgan fingerprint density at radius 2 is 2.04 bits per heavy atom. The third kappa shape index (κ3) is 3.25. The van der Waals surface area contributed by atoms with Crippen molar-refractivity contribution < 1.29 is 13.9 Å². The van der Waals surface area contributed by atoms with Crippen molar-refractivity contribution in [3.05, 3.63) is 74.8 Å². The van der Waals surface area contributed by atoms with Crippen LogP contribution in [0.5, 0.6) is 5.75 Å². The number of ketones is 1. The number of hydrogen-bond acceptors (Lipinski definition) is 6. The minimum Gasteiger partial charge on any atom is -0.485 e. The smallest absolute Gasteiger partial charge is 0.336 e. The van der Waals surface area contributed by atoms with Crippen LogP contribution in [0.1, 0.15) is 27.3 Å². The molecular formula is C21H18N2O4S. The van der Waals surface area contributed by atoms with Gasteiger partial charge in [0.15, 0.2) is 11.7 Å². The zero-order valence-electron chi connectivity index (χ0n) is 15.7. The van der Waals surface area contributed by atoms with Gasteiger partial charge in [0.25, 0.3) is 0 Å². The Kier molecular flexibility index (Phi) is 4.60. The molecule has 0 aliphatic heterocycles. The number of rotatable bonds is 5. The Bertz CT molecular complexity index is 1240. The molecule has 6 nitrogen and oxygen atoms in total. The number of thiazole rings is 1. The van der Waals surface area contributed by atoms with E-state index in [9.17, 15) is 9.59 Å². The molecule has 4 aromatic rings. The minimum atomic E-state index is -0.409. The van der Waals surface area contributed by atoms with Gasteiger partial charge in [-0.3, -0.25) is 9.36 Å². The summed E-state index contributed by atoms with van der Waals surface area (Å²) in [6, 6.07) is 8.52. The normalized spacial score (nSPS) is 11.1.